The third kappa shape index (κ3) is 3.55. The van der Waals surface area contributed by atoms with Gasteiger partial charge in [0.2, 0.25) is 0 Å². The Labute approximate surface area is 76.6 Å². The number of carboxylic acids is 1. The molecular formula is C9H12N2O2. The van der Waals surface area contributed by atoms with Gasteiger partial charge in [-0.3, -0.25) is 4.79 Å². The van der Waals surface area contributed by atoms with Crippen molar-refractivity contribution in [1.29, 1.82) is 0 Å². The van der Waals surface area contributed by atoms with Gasteiger partial charge in [-0.05, 0) is 24.6 Å². The molecule has 1 heterocycles. The molecule has 0 saturated heterocycles. The molecule has 4 nitrogen and oxygen atoms in total. The standard InChI is InChI=1S/C9H12N2O2/c1-7-2-4-10-8(6-7)11-5-3-9(12)13/h2,4,6H,3,5H2,1H3,(H,10,11)(H,12,13). The molecule has 0 aliphatic heterocycles. The Bertz CT molecular complexity index is 299. The number of carboxylic acid groups (broad SMARTS) is 1. The van der Waals surface area contributed by atoms with Crippen LogP contribution in [0, 0.1) is 6.92 Å². The molecule has 1 aromatic heterocycles. The van der Waals surface area contributed by atoms with Crippen LogP contribution in [0.25, 0.3) is 0 Å². The van der Waals surface area contributed by atoms with Gasteiger partial charge < -0.3 is 10.4 Å². The van der Waals surface area contributed by atoms with Crippen LogP contribution in [0.2, 0.25) is 0 Å². The number of aromatic nitrogens is 1. The molecule has 0 atom stereocenters. The van der Waals surface area contributed by atoms with Crippen LogP contribution in [0.1, 0.15) is 12.0 Å². The fourth-order valence-electron chi connectivity index (χ4n) is 0.930. The fraction of sp³-hybridized carbons (Fsp3) is 0.333. The van der Waals surface area contributed by atoms with Gasteiger partial charge in [-0.1, -0.05) is 0 Å². The van der Waals surface area contributed by atoms with E-state index in [1.54, 1.807) is 6.20 Å². The molecule has 0 spiro atoms. The minimum atomic E-state index is -0.805. The third-order valence-electron chi connectivity index (χ3n) is 1.56. The van der Waals surface area contributed by atoms with Crippen LogP contribution in [0.5, 0.6) is 0 Å². The highest BCUT2D eigenvalue weighted by atomic mass is 16.4. The van der Waals surface area contributed by atoms with Gasteiger partial charge in [0, 0.05) is 12.7 Å². The maximum absolute atomic E-state index is 10.2. The molecule has 13 heavy (non-hydrogen) atoms. The monoisotopic (exact) mass is 180 g/mol. The van der Waals surface area contributed by atoms with E-state index >= 15 is 0 Å². The summed E-state index contributed by atoms with van der Waals surface area (Å²) < 4.78 is 0. The van der Waals surface area contributed by atoms with Gasteiger partial charge in [-0.2, -0.15) is 0 Å². The first-order valence-electron chi connectivity index (χ1n) is 4.07. The Hall–Kier alpha value is -1.58. The molecule has 0 bridgehead atoms. The molecule has 0 aliphatic carbocycles. The molecule has 0 radical (unpaired) electrons. The number of aryl methyl sites for hydroxylation is 1. The second-order valence-electron chi connectivity index (χ2n) is 2.79. The van der Waals surface area contributed by atoms with Crippen molar-refractivity contribution in [3.63, 3.8) is 0 Å². The first-order chi connectivity index (χ1) is 6.18. The Kier molecular flexibility index (Phi) is 3.25. The van der Waals surface area contributed by atoms with Crippen LogP contribution in [0.3, 0.4) is 0 Å². The molecule has 0 aliphatic rings. The van der Waals surface area contributed by atoms with Crippen LogP contribution >= 0.6 is 0 Å². The minimum absolute atomic E-state index is 0.107. The van der Waals surface area contributed by atoms with Crippen molar-refractivity contribution >= 4 is 11.8 Å². The Balaban J connectivity index is 2.41. The van der Waals surface area contributed by atoms with Crippen molar-refractivity contribution in [2.75, 3.05) is 11.9 Å². The summed E-state index contributed by atoms with van der Waals surface area (Å²) in [5.41, 5.74) is 1.10. The predicted octanol–water partition coefficient (Wildman–Crippen LogP) is 1.28. The number of anilines is 1. The maximum Gasteiger partial charge on any atom is 0.305 e. The van der Waals surface area contributed by atoms with Gasteiger partial charge in [0.1, 0.15) is 5.82 Å². The summed E-state index contributed by atoms with van der Waals surface area (Å²) in [4.78, 5) is 14.2. The van der Waals surface area contributed by atoms with Crippen molar-refractivity contribution in [3.05, 3.63) is 23.9 Å². The first-order valence-corrected chi connectivity index (χ1v) is 4.07. The van der Waals surface area contributed by atoms with E-state index in [1.807, 2.05) is 19.1 Å². The van der Waals surface area contributed by atoms with Crippen LogP contribution in [-0.4, -0.2) is 22.6 Å². The van der Waals surface area contributed by atoms with Crippen molar-refractivity contribution in [2.45, 2.75) is 13.3 Å². The largest absolute Gasteiger partial charge is 0.481 e. The van der Waals surface area contributed by atoms with E-state index in [0.717, 1.165) is 11.4 Å². The highest BCUT2D eigenvalue weighted by molar-refractivity contribution is 5.67. The van der Waals surface area contributed by atoms with Crippen molar-refractivity contribution in [1.82, 2.24) is 4.98 Å². The summed E-state index contributed by atoms with van der Waals surface area (Å²) in [7, 11) is 0. The first kappa shape index (κ1) is 9.51. The number of pyridine rings is 1. The zero-order valence-corrected chi connectivity index (χ0v) is 7.45. The molecule has 0 saturated carbocycles. The summed E-state index contributed by atoms with van der Waals surface area (Å²) in [6, 6.07) is 3.77. The summed E-state index contributed by atoms with van der Waals surface area (Å²) >= 11 is 0. The van der Waals surface area contributed by atoms with E-state index in [2.05, 4.69) is 10.3 Å². The van der Waals surface area contributed by atoms with Crippen molar-refractivity contribution in [2.24, 2.45) is 0 Å². The van der Waals surface area contributed by atoms with Crippen LogP contribution in [-0.2, 0) is 4.79 Å². The lowest BCUT2D eigenvalue weighted by atomic mass is 10.3. The number of hydrogen-bond donors (Lipinski definition) is 2. The van der Waals surface area contributed by atoms with E-state index in [9.17, 15) is 4.79 Å². The highest BCUT2D eigenvalue weighted by Crippen LogP contribution is 2.04. The van der Waals surface area contributed by atoms with Gasteiger partial charge in [0.25, 0.3) is 0 Å². The smallest absolute Gasteiger partial charge is 0.305 e. The van der Waals surface area contributed by atoms with Crippen LogP contribution in [0.15, 0.2) is 18.3 Å². The zero-order valence-electron chi connectivity index (χ0n) is 7.45. The lowest BCUT2D eigenvalue weighted by molar-refractivity contribution is -0.136. The molecule has 0 unspecified atom stereocenters. The number of aliphatic carboxylic acids is 1. The molecule has 1 aromatic rings. The molecule has 1 rings (SSSR count). The van der Waals surface area contributed by atoms with Gasteiger partial charge >= 0.3 is 5.97 Å². The quantitative estimate of drug-likeness (QED) is 0.732. The fourth-order valence-corrected chi connectivity index (χ4v) is 0.930. The molecule has 70 valence electrons. The molecule has 4 heteroatoms. The SMILES string of the molecule is Cc1ccnc(NCCC(=O)O)c1. The van der Waals surface area contributed by atoms with Crippen LogP contribution < -0.4 is 5.32 Å². The predicted molar refractivity (Wildman–Crippen MR) is 49.7 cm³/mol. The van der Waals surface area contributed by atoms with Crippen molar-refractivity contribution < 1.29 is 9.90 Å². The van der Waals surface area contributed by atoms with E-state index in [0.29, 0.717) is 6.54 Å². The van der Waals surface area contributed by atoms with Gasteiger partial charge in [0.05, 0.1) is 6.42 Å². The number of carbonyl (C=O) groups is 1. The number of nitrogens with zero attached hydrogens (tertiary/aromatic N) is 1. The lowest BCUT2D eigenvalue weighted by Gasteiger charge is -2.03. The second kappa shape index (κ2) is 4.45. The average Bonchev–Trinajstić information content (AvgIpc) is 2.03. The van der Waals surface area contributed by atoms with Crippen molar-refractivity contribution in [3.8, 4) is 0 Å². The summed E-state index contributed by atoms with van der Waals surface area (Å²) in [6.45, 7) is 2.37. The average molecular weight is 180 g/mol. The summed E-state index contributed by atoms with van der Waals surface area (Å²) in [5, 5.41) is 11.3. The molecule has 0 fully saturated rings. The Morgan fingerprint density at radius 2 is 2.46 bits per heavy atom. The van der Waals surface area contributed by atoms with E-state index in [4.69, 9.17) is 5.11 Å². The lowest BCUT2D eigenvalue weighted by Crippen LogP contribution is -2.08. The number of rotatable bonds is 4. The molecule has 0 amide bonds. The summed E-state index contributed by atoms with van der Waals surface area (Å²) in [6.07, 6.45) is 1.80. The minimum Gasteiger partial charge on any atom is -0.481 e. The Morgan fingerprint density at radius 1 is 1.69 bits per heavy atom. The third-order valence-corrected chi connectivity index (χ3v) is 1.56. The van der Waals surface area contributed by atoms with E-state index in [1.165, 1.54) is 0 Å². The molecule has 0 aromatic carbocycles. The normalized spacial score (nSPS) is 9.62. The van der Waals surface area contributed by atoms with E-state index < -0.39 is 5.97 Å². The summed E-state index contributed by atoms with van der Waals surface area (Å²) in [5.74, 6) is -0.0820. The van der Waals surface area contributed by atoms with Gasteiger partial charge in [-0.15, -0.1) is 0 Å². The number of hydrogen-bond acceptors (Lipinski definition) is 3. The molecular weight excluding hydrogens is 168 g/mol. The van der Waals surface area contributed by atoms with Gasteiger partial charge in [-0.25, -0.2) is 4.98 Å². The highest BCUT2D eigenvalue weighted by Gasteiger charge is 1.97. The zero-order chi connectivity index (χ0) is 9.68. The number of nitrogens with one attached hydrogen (secondary N) is 1. The maximum atomic E-state index is 10.2. The molecule has 2 N–H and O–H groups in total. The second-order valence-corrected chi connectivity index (χ2v) is 2.79. The topological polar surface area (TPSA) is 62.2 Å². The Morgan fingerprint density at radius 3 is 3.08 bits per heavy atom. The van der Waals surface area contributed by atoms with Crippen LogP contribution in [0.4, 0.5) is 5.82 Å². The van der Waals surface area contributed by atoms with Gasteiger partial charge in [0.15, 0.2) is 0 Å². The van der Waals surface area contributed by atoms with E-state index in [-0.39, 0.29) is 6.42 Å².